The Morgan fingerprint density at radius 2 is 1.70 bits per heavy atom. The number of nitrogens with one attached hydrogen (secondary N) is 2. The highest BCUT2D eigenvalue weighted by atomic mass is 127. The standard InChI is InChI=1S/C21H23IN2O6/c1-29-20(27)17(11-15-8-5-9-16(22)10-15)23-19(26)18(12-25)24-21(28)30-13-14-6-3-2-4-7-14/h2-10,17-18,25H,11-13H2,1H3,(H,23,26)(H,24,28)/t17-,18-/m0/s1. The molecule has 9 heteroatoms. The molecule has 0 radical (unpaired) electrons. The Morgan fingerprint density at radius 1 is 1.00 bits per heavy atom. The quantitative estimate of drug-likeness (QED) is 0.339. The molecular weight excluding hydrogens is 503 g/mol. The first-order chi connectivity index (χ1) is 14.4. The third-order valence-corrected chi connectivity index (χ3v) is 4.81. The maximum atomic E-state index is 12.5. The second-order valence-electron chi connectivity index (χ2n) is 6.36. The molecule has 8 nitrogen and oxygen atoms in total. The molecule has 0 bridgehead atoms. The lowest BCUT2D eigenvalue weighted by molar-refractivity contribution is -0.145. The minimum atomic E-state index is -1.28. The van der Waals surface area contributed by atoms with Gasteiger partial charge in [-0.15, -0.1) is 0 Å². The molecule has 30 heavy (non-hydrogen) atoms. The summed E-state index contributed by atoms with van der Waals surface area (Å²) < 4.78 is 10.8. The van der Waals surface area contributed by atoms with E-state index >= 15 is 0 Å². The number of aliphatic hydroxyl groups excluding tert-OH is 1. The van der Waals surface area contributed by atoms with Crippen LogP contribution in [0.4, 0.5) is 4.79 Å². The van der Waals surface area contributed by atoms with E-state index in [0.29, 0.717) is 0 Å². The third kappa shape index (κ3) is 7.64. The Labute approximate surface area is 188 Å². The Bertz CT molecular complexity index is 862. The monoisotopic (exact) mass is 526 g/mol. The van der Waals surface area contributed by atoms with Crippen molar-refractivity contribution in [2.75, 3.05) is 13.7 Å². The minimum absolute atomic E-state index is 0.0177. The number of rotatable bonds is 9. The molecule has 2 rings (SSSR count). The number of carbonyl (C=O) groups excluding carboxylic acids is 3. The lowest BCUT2D eigenvalue weighted by Gasteiger charge is -2.21. The van der Waals surface area contributed by atoms with E-state index in [9.17, 15) is 19.5 Å². The molecule has 2 aromatic carbocycles. The van der Waals surface area contributed by atoms with Crippen LogP contribution in [-0.2, 0) is 32.1 Å². The maximum absolute atomic E-state index is 12.5. The number of carbonyl (C=O) groups is 3. The predicted octanol–water partition coefficient (Wildman–Crippen LogP) is 1.78. The molecule has 0 aromatic heterocycles. The average molecular weight is 526 g/mol. The van der Waals surface area contributed by atoms with Crippen LogP contribution < -0.4 is 10.6 Å². The van der Waals surface area contributed by atoms with Crippen LogP contribution in [0.1, 0.15) is 11.1 Å². The molecule has 0 aliphatic heterocycles. The highest BCUT2D eigenvalue weighted by molar-refractivity contribution is 14.1. The van der Waals surface area contributed by atoms with E-state index in [2.05, 4.69) is 33.2 Å². The van der Waals surface area contributed by atoms with Crippen LogP contribution in [0, 0.1) is 3.57 Å². The van der Waals surface area contributed by atoms with Crippen molar-refractivity contribution in [2.45, 2.75) is 25.1 Å². The summed E-state index contributed by atoms with van der Waals surface area (Å²) in [6.45, 7) is -0.646. The van der Waals surface area contributed by atoms with Crippen molar-refractivity contribution >= 4 is 40.6 Å². The fourth-order valence-electron chi connectivity index (χ4n) is 2.61. The largest absolute Gasteiger partial charge is 0.467 e. The predicted molar refractivity (Wildman–Crippen MR) is 117 cm³/mol. The van der Waals surface area contributed by atoms with Crippen LogP contribution in [-0.4, -0.2) is 48.9 Å². The van der Waals surface area contributed by atoms with E-state index in [1.54, 1.807) is 24.3 Å². The molecule has 0 saturated carbocycles. The fourth-order valence-corrected chi connectivity index (χ4v) is 3.22. The molecule has 0 aliphatic rings. The number of hydrogen-bond acceptors (Lipinski definition) is 6. The summed E-state index contributed by atoms with van der Waals surface area (Å²) in [5, 5.41) is 14.3. The van der Waals surface area contributed by atoms with Gasteiger partial charge in [0, 0.05) is 9.99 Å². The highest BCUT2D eigenvalue weighted by Gasteiger charge is 2.27. The smallest absolute Gasteiger partial charge is 0.408 e. The van der Waals surface area contributed by atoms with E-state index < -0.39 is 36.7 Å². The Hall–Kier alpha value is -2.66. The van der Waals surface area contributed by atoms with Crippen LogP contribution in [0.25, 0.3) is 0 Å². The first kappa shape index (κ1) is 23.6. The number of aliphatic hydroxyl groups is 1. The first-order valence-corrected chi connectivity index (χ1v) is 10.2. The maximum Gasteiger partial charge on any atom is 0.408 e. The van der Waals surface area contributed by atoms with Gasteiger partial charge in [-0.3, -0.25) is 4.79 Å². The van der Waals surface area contributed by atoms with Crippen LogP contribution in [0.2, 0.25) is 0 Å². The van der Waals surface area contributed by atoms with E-state index in [1.165, 1.54) is 7.11 Å². The van der Waals surface area contributed by atoms with Gasteiger partial charge in [-0.05, 0) is 45.9 Å². The number of alkyl carbamates (subject to hydrolysis) is 1. The zero-order valence-electron chi connectivity index (χ0n) is 16.3. The first-order valence-electron chi connectivity index (χ1n) is 9.13. The van der Waals surface area contributed by atoms with E-state index in [1.807, 2.05) is 30.3 Å². The van der Waals surface area contributed by atoms with Crippen molar-refractivity contribution in [3.63, 3.8) is 0 Å². The summed E-state index contributed by atoms with van der Waals surface area (Å²) >= 11 is 2.15. The summed E-state index contributed by atoms with van der Waals surface area (Å²) in [7, 11) is 1.22. The Morgan fingerprint density at radius 3 is 2.33 bits per heavy atom. The molecule has 0 fully saturated rings. The van der Waals surface area contributed by atoms with E-state index in [0.717, 1.165) is 14.7 Å². The van der Waals surface area contributed by atoms with Gasteiger partial charge < -0.3 is 25.2 Å². The molecule has 160 valence electrons. The lowest BCUT2D eigenvalue weighted by Crippen LogP contribution is -2.54. The number of benzene rings is 2. The number of amides is 2. The molecule has 0 saturated heterocycles. The number of hydrogen-bond donors (Lipinski definition) is 3. The molecular formula is C21H23IN2O6. The normalized spacial score (nSPS) is 12.4. The van der Waals surface area contributed by atoms with Gasteiger partial charge >= 0.3 is 12.1 Å². The van der Waals surface area contributed by atoms with Gasteiger partial charge in [0.25, 0.3) is 0 Å². The number of esters is 1. The van der Waals surface area contributed by atoms with Gasteiger partial charge in [-0.25, -0.2) is 9.59 Å². The summed E-state index contributed by atoms with van der Waals surface area (Å²) in [6.07, 6.45) is -0.661. The average Bonchev–Trinajstić information content (AvgIpc) is 2.75. The summed E-state index contributed by atoms with van der Waals surface area (Å²) in [5.41, 5.74) is 1.61. The van der Waals surface area contributed by atoms with Crippen molar-refractivity contribution in [2.24, 2.45) is 0 Å². The SMILES string of the molecule is COC(=O)[C@H](Cc1cccc(I)c1)NC(=O)[C@H](CO)NC(=O)OCc1ccccc1. The van der Waals surface area contributed by atoms with E-state index in [4.69, 9.17) is 9.47 Å². The highest BCUT2D eigenvalue weighted by Crippen LogP contribution is 2.11. The fraction of sp³-hybridized carbons (Fsp3) is 0.286. The lowest BCUT2D eigenvalue weighted by atomic mass is 10.1. The molecule has 2 atom stereocenters. The third-order valence-electron chi connectivity index (χ3n) is 4.13. The number of ether oxygens (including phenoxy) is 2. The zero-order valence-corrected chi connectivity index (χ0v) is 18.5. The number of halogens is 1. The molecule has 0 heterocycles. The van der Waals surface area contributed by atoms with Crippen LogP contribution in [0.5, 0.6) is 0 Å². The topological polar surface area (TPSA) is 114 Å². The minimum Gasteiger partial charge on any atom is -0.467 e. The number of methoxy groups -OCH3 is 1. The zero-order chi connectivity index (χ0) is 21.9. The van der Waals surface area contributed by atoms with Crippen molar-refractivity contribution in [3.05, 3.63) is 69.3 Å². The van der Waals surface area contributed by atoms with Crippen molar-refractivity contribution in [3.8, 4) is 0 Å². The summed E-state index contributed by atoms with van der Waals surface area (Å²) in [4.78, 5) is 36.6. The Balaban J connectivity index is 1.95. The molecule has 2 aromatic rings. The Kier molecular flexibility index (Phi) is 9.55. The van der Waals surface area contributed by atoms with Gasteiger partial charge in [-0.2, -0.15) is 0 Å². The second kappa shape index (κ2) is 12.1. The molecule has 2 amide bonds. The summed E-state index contributed by atoms with van der Waals surface area (Å²) in [6, 6.07) is 14.2. The van der Waals surface area contributed by atoms with Gasteiger partial charge in [-0.1, -0.05) is 42.5 Å². The summed E-state index contributed by atoms with van der Waals surface area (Å²) in [5.74, 6) is -1.36. The van der Waals surface area contributed by atoms with Crippen LogP contribution >= 0.6 is 22.6 Å². The van der Waals surface area contributed by atoms with Crippen molar-refractivity contribution < 1.29 is 29.0 Å². The van der Waals surface area contributed by atoms with Gasteiger partial charge in [0.2, 0.25) is 5.91 Å². The van der Waals surface area contributed by atoms with Gasteiger partial charge in [0.1, 0.15) is 18.7 Å². The van der Waals surface area contributed by atoms with Crippen LogP contribution in [0.3, 0.4) is 0 Å². The molecule has 3 N–H and O–H groups in total. The van der Waals surface area contributed by atoms with Gasteiger partial charge in [0.05, 0.1) is 13.7 Å². The molecule has 0 unspecified atom stereocenters. The second-order valence-corrected chi connectivity index (χ2v) is 7.61. The van der Waals surface area contributed by atoms with Crippen molar-refractivity contribution in [1.29, 1.82) is 0 Å². The van der Waals surface area contributed by atoms with Crippen molar-refractivity contribution in [1.82, 2.24) is 10.6 Å². The van der Waals surface area contributed by atoms with Gasteiger partial charge in [0.15, 0.2) is 0 Å². The van der Waals surface area contributed by atoms with Crippen LogP contribution in [0.15, 0.2) is 54.6 Å². The van der Waals surface area contributed by atoms with E-state index in [-0.39, 0.29) is 13.0 Å². The molecule has 0 spiro atoms. The molecule has 0 aliphatic carbocycles.